The van der Waals surface area contributed by atoms with E-state index in [0.717, 1.165) is 12.8 Å². The topological polar surface area (TPSA) is 81.6 Å². The first-order valence-corrected chi connectivity index (χ1v) is 5.77. The SMILES string of the molecule is NC1CC(Nc2cc(-n3cnnn3)ccc2F)C1. The highest BCUT2D eigenvalue weighted by atomic mass is 19.1. The molecule has 3 rings (SSSR count). The van der Waals surface area contributed by atoms with Gasteiger partial charge in [-0.1, -0.05) is 0 Å². The molecule has 94 valence electrons. The maximum Gasteiger partial charge on any atom is 0.146 e. The standard InChI is InChI=1S/C11H13FN6/c12-10-2-1-9(18-6-14-16-17-18)5-11(10)15-8-3-7(13)4-8/h1-2,5-8,15H,3-4,13H2. The first-order chi connectivity index (χ1) is 8.72. The Morgan fingerprint density at radius 3 is 2.89 bits per heavy atom. The summed E-state index contributed by atoms with van der Waals surface area (Å²) in [5.74, 6) is -0.285. The molecule has 0 aliphatic heterocycles. The number of tetrazole rings is 1. The van der Waals surface area contributed by atoms with Crippen LogP contribution in [-0.2, 0) is 0 Å². The lowest BCUT2D eigenvalue weighted by molar-refractivity contribution is 0.372. The average Bonchev–Trinajstić information content (AvgIpc) is 2.83. The van der Waals surface area contributed by atoms with Crippen LogP contribution in [0.25, 0.3) is 5.69 Å². The lowest BCUT2D eigenvalue weighted by atomic mass is 9.87. The molecular weight excluding hydrogens is 235 g/mol. The molecule has 3 N–H and O–H groups in total. The zero-order valence-electron chi connectivity index (χ0n) is 9.62. The second-order valence-electron chi connectivity index (χ2n) is 4.49. The number of aromatic nitrogens is 4. The molecule has 0 radical (unpaired) electrons. The normalized spacial score (nSPS) is 22.6. The van der Waals surface area contributed by atoms with Crippen molar-refractivity contribution in [2.75, 3.05) is 5.32 Å². The smallest absolute Gasteiger partial charge is 0.146 e. The van der Waals surface area contributed by atoms with Crippen LogP contribution in [0.2, 0.25) is 0 Å². The van der Waals surface area contributed by atoms with Crippen molar-refractivity contribution in [3.63, 3.8) is 0 Å². The molecule has 18 heavy (non-hydrogen) atoms. The van der Waals surface area contributed by atoms with E-state index >= 15 is 0 Å². The van der Waals surface area contributed by atoms with Crippen molar-refractivity contribution < 1.29 is 4.39 Å². The molecule has 0 spiro atoms. The van der Waals surface area contributed by atoms with Gasteiger partial charge in [-0.25, -0.2) is 9.07 Å². The highest BCUT2D eigenvalue weighted by molar-refractivity contribution is 5.52. The largest absolute Gasteiger partial charge is 0.380 e. The molecular formula is C11H13FN6. The Kier molecular flexibility index (Phi) is 2.67. The van der Waals surface area contributed by atoms with E-state index in [1.165, 1.54) is 17.1 Å². The summed E-state index contributed by atoms with van der Waals surface area (Å²) in [6.07, 6.45) is 3.21. The van der Waals surface area contributed by atoms with Crippen molar-refractivity contribution in [2.24, 2.45) is 5.73 Å². The van der Waals surface area contributed by atoms with Gasteiger partial charge < -0.3 is 11.1 Å². The van der Waals surface area contributed by atoms with Gasteiger partial charge in [-0.05, 0) is 41.5 Å². The first-order valence-electron chi connectivity index (χ1n) is 5.77. The van der Waals surface area contributed by atoms with Crippen LogP contribution in [0.5, 0.6) is 0 Å². The van der Waals surface area contributed by atoms with Crippen LogP contribution in [0.4, 0.5) is 10.1 Å². The zero-order valence-corrected chi connectivity index (χ0v) is 9.62. The Bertz CT molecular complexity index is 534. The van der Waals surface area contributed by atoms with Crippen LogP contribution >= 0.6 is 0 Å². The van der Waals surface area contributed by atoms with E-state index in [1.54, 1.807) is 12.1 Å². The van der Waals surface area contributed by atoms with Crippen molar-refractivity contribution >= 4 is 5.69 Å². The van der Waals surface area contributed by atoms with Crippen LogP contribution in [-0.4, -0.2) is 32.3 Å². The molecule has 6 nitrogen and oxygen atoms in total. The van der Waals surface area contributed by atoms with E-state index in [1.807, 2.05) is 0 Å². The summed E-state index contributed by atoms with van der Waals surface area (Å²) in [5, 5.41) is 14.0. The minimum absolute atomic E-state index is 0.230. The van der Waals surface area contributed by atoms with Gasteiger partial charge in [-0.15, -0.1) is 5.10 Å². The Balaban J connectivity index is 1.82. The van der Waals surface area contributed by atoms with Crippen LogP contribution in [0.3, 0.4) is 0 Å². The Labute approximate surface area is 103 Å². The third kappa shape index (κ3) is 2.04. The van der Waals surface area contributed by atoms with Crippen molar-refractivity contribution in [2.45, 2.75) is 24.9 Å². The average molecular weight is 248 g/mol. The van der Waals surface area contributed by atoms with Crippen LogP contribution < -0.4 is 11.1 Å². The van der Waals surface area contributed by atoms with E-state index in [2.05, 4.69) is 20.8 Å². The molecule has 0 bridgehead atoms. The molecule has 1 aromatic carbocycles. The fourth-order valence-electron chi connectivity index (χ4n) is 2.05. The number of hydrogen-bond acceptors (Lipinski definition) is 5. The number of anilines is 1. The molecule has 1 fully saturated rings. The van der Waals surface area contributed by atoms with Gasteiger partial charge in [0, 0.05) is 12.1 Å². The van der Waals surface area contributed by atoms with Gasteiger partial charge in [0.15, 0.2) is 0 Å². The van der Waals surface area contributed by atoms with Crippen LogP contribution in [0, 0.1) is 5.82 Å². The second-order valence-corrected chi connectivity index (χ2v) is 4.49. The predicted octanol–water partition coefficient (Wildman–Crippen LogP) is 0.703. The quantitative estimate of drug-likeness (QED) is 0.835. The van der Waals surface area contributed by atoms with Gasteiger partial charge in [-0.2, -0.15) is 0 Å². The summed E-state index contributed by atoms with van der Waals surface area (Å²) < 4.78 is 15.2. The molecule has 1 aromatic heterocycles. The Morgan fingerprint density at radius 2 is 2.22 bits per heavy atom. The summed E-state index contributed by atoms with van der Waals surface area (Å²) in [5.41, 5.74) is 6.88. The number of nitrogens with two attached hydrogens (primary N) is 1. The van der Waals surface area contributed by atoms with Gasteiger partial charge in [0.2, 0.25) is 0 Å². The molecule has 7 heteroatoms. The van der Waals surface area contributed by atoms with Crippen LogP contribution in [0.1, 0.15) is 12.8 Å². The minimum Gasteiger partial charge on any atom is -0.380 e. The van der Waals surface area contributed by atoms with Crippen molar-refractivity contribution in [1.29, 1.82) is 0 Å². The maximum absolute atomic E-state index is 13.7. The highest BCUT2D eigenvalue weighted by Gasteiger charge is 2.26. The molecule has 0 unspecified atom stereocenters. The highest BCUT2D eigenvalue weighted by Crippen LogP contribution is 2.25. The van der Waals surface area contributed by atoms with E-state index < -0.39 is 0 Å². The molecule has 0 saturated heterocycles. The molecule has 2 aromatic rings. The zero-order chi connectivity index (χ0) is 12.5. The van der Waals surface area contributed by atoms with Gasteiger partial charge in [0.05, 0.1) is 11.4 Å². The summed E-state index contributed by atoms with van der Waals surface area (Å²) >= 11 is 0. The molecule has 0 amide bonds. The van der Waals surface area contributed by atoms with E-state index in [9.17, 15) is 4.39 Å². The number of hydrogen-bond donors (Lipinski definition) is 2. The summed E-state index contributed by atoms with van der Waals surface area (Å²) in [6, 6.07) is 5.20. The molecule has 1 aliphatic rings. The van der Waals surface area contributed by atoms with Gasteiger partial charge in [0.1, 0.15) is 12.1 Å². The number of nitrogens with zero attached hydrogens (tertiary/aromatic N) is 4. The van der Waals surface area contributed by atoms with E-state index in [4.69, 9.17) is 5.73 Å². The summed E-state index contributed by atoms with van der Waals surface area (Å²) in [4.78, 5) is 0. The predicted molar refractivity (Wildman–Crippen MR) is 63.7 cm³/mol. The maximum atomic E-state index is 13.7. The minimum atomic E-state index is -0.285. The van der Waals surface area contributed by atoms with E-state index in [0.29, 0.717) is 11.4 Å². The number of benzene rings is 1. The monoisotopic (exact) mass is 248 g/mol. The number of halogens is 1. The van der Waals surface area contributed by atoms with Crippen molar-refractivity contribution in [3.8, 4) is 5.69 Å². The fourth-order valence-corrected chi connectivity index (χ4v) is 2.05. The summed E-state index contributed by atoms with van der Waals surface area (Å²) in [6.45, 7) is 0. The van der Waals surface area contributed by atoms with Gasteiger partial charge in [-0.3, -0.25) is 0 Å². The van der Waals surface area contributed by atoms with Gasteiger partial charge >= 0.3 is 0 Å². The van der Waals surface area contributed by atoms with Crippen molar-refractivity contribution in [1.82, 2.24) is 20.2 Å². The lowest BCUT2D eigenvalue weighted by Gasteiger charge is -2.33. The third-order valence-corrected chi connectivity index (χ3v) is 3.10. The van der Waals surface area contributed by atoms with Crippen LogP contribution in [0.15, 0.2) is 24.5 Å². The fraction of sp³-hybridized carbons (Fsp3) is 0.364. The third-order valence-electron chi connectivity index (χ3n) is 3.10. The Hall–Kier alpha value is -2.02. The molecule has 1 aliphatic carbocycles. The van der Waals surface area contributed by atoms with Gasteiger partial charge in [0.25, 0.3) is 0 Å². The molecule has 1 saturated carbocycles. The van der Waals surface area contributed by atoms with E-state index in [-0.39, 0.29) is 17.9 Å². The number of nitrogens with one attached hydrogen (secondary N) is 1. The molecule has 0 atom stereocenters. The Morgan fingerprint density at radius 1 is 1.39 bits per heavy atom. The lowest BCUT2D eigenvalue weighted by Crippen LogP contribution is -2.44. The number of rotatable bonds is 3. The molecule has 1 heterocycles. The van der Waals surface area contributed by atoms with Crippen molar-refractivity contribution in [3.05, 3.63) is 30.3 Å². The second kappa shape index (κ2) is 4.34. The summed E-state index contributed by atoms with van der Waals surface area (Å²) in [7, 11) is 0. The first kappa shape index (κ1) is 11.1.